The second kappa shape index (κ2) is 6.37. The van der Waals surface area contributed by atoms with Gasteiger partial charge in [0.15, 0.2) is 0 Å². The van der Waals surface area contributed by atoms with E-state index in [1.165, 1.54) is 12.1 Å². The lowest BCUT2D eigenvalue weighted by Crippen LogP contribution is -2.32. The maximum Gasteiger partial charge on any atom is 0.335 e. The lowest BCUT2D eigenvalue weighted by molar-refractivity contribution is 0.0694. The van der Waals surface area contributed by atoms with Crippen LogP contribution in [0.3, 0.4) is 0 Å². The van der Waals surface area contributed by atoms with Gasteiger partial charge in [0.05, 0.1) is 5.56 Å². The van der Waals surface area contributed by atoms with Crippen molar-refractivity contribution in [3.8, 4) is 0 Å². The van der Waals surface area contributed by atoms with E-state index in [4.69, 9.17) is 5.11 Å². The molecule has 1 aliphatic rings. The van der Waals surface area contributed by atoms with Crippen molar-refractivity contribution in [3.05, 3.63) is 47.5 Å². The van der Waals surface area contributed by atoms with E-state index in [9.17, 15) is 9.59 Å². The van der Waals surface area contributed by atoms with Crippen LogP contribution < -0.4 is 0 Å². The molecule has 0 aromatic heterocycles. The predicted octanol–water partition coefficient (Wildman–Crippen LogP) is 2.81. The molecule has 0 saturated carbocycles. The van der Waals surface area contributed by atoms with Crippen molar-refractivity contribution < 1.29 is 14.7 Å². The van der Waals surface area contributed by atoms with Crippen molar-refractivity contribution in [1.29, 1.82) is 0 Å². The van der Waals surface area contributed by atoms with Crippen LogP contribution in [0, 0.1) is 5.92 Å². The largest absolute Gasteiger partial charge is 0.478 e. The first-order valence-corrected chi connectivity index (χ1v) is 6.81. The van der Waals surface area contributed by atoms with Crippen LogP contribution >= 0.6 is 0 Å². The molecule has 1 aliphatic carbocycles. The zero-order valence-corrected chi connectivity index (χ0v) is 11.6. The highest BCUT2D eigenvalue weighted by atomic mass is 16.4. The van der Waals surface area contributed by atoms with Gasteiger partial charge in [-0.3, -0.25) is 4.79 Å². The van der Waals surface area contributed by atoms with Crippen LogP contribution in [0.25, 0.3) is 0 Å². The molecule has 1 unspecified atom stereocenters. The molecule has 1 aromatic carbocycles. The number of hydrogen-bond donors (Lipinski definition) is 1. The quantitative estimate of drug-likeness (QED) is 0.858. The number of carbonyl (C=O) groups is 2. The highest BCUT2D eigenvalue weighted by molar-refractivity contribution is 5.95. The van der Waals surface area contributed by atoms with Crippen LogP contribution in [-0.2, 0) is 0 Å². The number of carbonyl (C=O) groups excluding carboxylic acids is 1. The number of carboxylic acids is 1. The molecule has 2 rings (SSSR count). The fourth-order valence-corrected chi connectivity index (χ4v) is 2.47. The summed E-state index contributed by atoms with van der Waals surface area (Å²) in [6, 6.07) is 6.08. The Morgan fingerprint density at radius 2 is 1.85 bits per heavy atom. The van der Waals surface area contributed by atoms with E-state index in [-0.39, 0.29) is 11.5 Å². The summed E-state index contributed by atoms with van der Waals surface area (Å²) >= 11 is 0. The van der Waals surface area contributed by atoms with Crippen LogP contribution in [0.15, 0.2) is 36.4 Å². The van der Waals surface area contributed by atoms with Crippen molar-refractivity contribution in [2.24, 2.45) is 5.92 Å². The van der Waals surface area contributed by atoms with Crippen LogP contribution in [0.4, 0.5) is 0 Å². The SMILES string of the molecule is CN(CC1CC=CCC1)C(=O)c1ccc(C(=O)O)cc1. The fourth-order valence-electron chi connectivity index (χ4n) is 2.47. The summed E-state index contributed by atoms with van der Waals surface area (Å²) in [4.78, 5) is 24.8. The number of aromatic carboxylic acids is 1. The van der Waals surface area contributed by atoms with E-state index in [1.54, 1.807) is 24.1 Å². The van der Waals surface area contributed by atoms with E-state index in [0.29, 0.717) is 11.5 Å². The maximum absolute atomic E-state index is 12.3. The van der Waals surface area contributed by atoms with Gasteiger partial charge in [0.2, 0.25) is 0 Å². The summed E-state index contributed by atoms with van der Waals surface area (Å²) in [5, 5.41) is 8.84. The third-order valence-electron chi connectivity index (χ3n) is 3.64. The van der Waals surface area contributed by atoms with Gasteiger partial charge in [0.1, 0.15) is 0 Å². The molecule has 1 atom stereocenters. The molecule has 106 valence electrons. The minimum atomic E-state index is -0.980. The lowest BCUT2D eigenvalue weighted by atomic mass is 9.94. The van der Waals surface area contributed by atoms with Crippen molar-refractivity contribution >= 4 is 11.9 Å². The Hall–Kier alpha value is -2.10. The molecule has 0 saturated heterocycles. The van der Waals surface area contributed by atoms with Gasteiger partial charge in [-0.05, 0) is 49.4 Å². The van der Waals surface area contributed by atoms with E-state index in [0.717, 1.165) is 25.8 Å². The Morgan fingerprint density at radius 1 is 1.20 bits per heavy atom. The lowest BCUT2D eigenvalue weighted by Gasteiger charge is -2.25. The number of amides is 1. The van der Waals surface area contributed by atoms with Gasteiger partial charge in [0, 0.05) is 19.2 Å². The van der Waals surface area contributed by atoms with Crippen molar-refractivity contribution in [2.45, 2.75) is 19.3 Å². The summed E-state index contributed by atoms with van der Waals surface area (Å²) in [6.45, 7) is 0.740. The number of nitrogens with zero attached hydrogens (tertiary/aromatic N) is 1. The number of allylic oxidation sites excluding steroid dienone is 2. The number of rotatable bonds is 4. The van der Waals surface area contributed by atoms with Crippen LogP contribution in [-0.4, -0.2) is 35.5 Å². The maximum atomic E-state index is 12.3. The topological polar surface area (TPSA) is 57.6 Å². The molecular weight excluding hydrogens is 254 g/mol. The number of benzene rings is 1. The molecule has 20 heavy (non-hydrogen) atoms. The Balaban J connectivity index is 1.98. The summed E-state index contributed by atoms with van der Waals surface area (Å²) in [7, 11) is 1.80. The van der Waals surface area contributed by atoms with Gasteiger partial charge in [-0.25, -0.2) is 4.79 Å². The fraction of sp³-hybridized carbons (Fsp3) is 0.375. The van der Waals surface area contributed by atoms with E-state index < -0.39 is 5.97 Å². The van der Waals surface area contributed by atoms with Gasteiger partial charge in [0.25, 0.3) is 5.91 Å². The zero-order valence-electron chi connectivity index (χ0n) is 11.6. The average molecular weight is 273 g/mol. The third-order valence-corrected chi connectivity index (χ3v) is 3.64. The molecule has 0 heterocycles. The van der Waals surface area contributed by atoms with Crippen LogP contribution in [0.1, 0.15) is 40.0 Å². The number of hydrogen-bond acceptors (Lipinski definition) is 2. The zero-order chi connectivity index (χ0) is 14.5. The van der Waals surface area contributed by atoms with Gasteiger partial charge >= 0.3 is 5.97 Å². The molecule has 4 nitrogen and oxygen atoms in total. The van der Waals surface area contributed by atoms with Crippen molar-refractivity contribution in [3.63, 3.8) is 0 Å². The van der Waals surface area contributed by atoms with Gasteiger partial charge in [-0.15, -0.1) is 0 Å². The smallest absolute Gasteiger partial charge is 0.335 e. The average Bonchev–Trinajstić information content (AvgIpc) is 2.47. The molecular formula is C16H19NO3. The molecule has 0 aliphatic heterocycles. The second-order valence-corrected chi connectivity index (χ2v) is 5.22. The summed E-state index contributed by atoms with van der Waals surface area (Å²) < 4.78 is 0. The standard InChI is InChI=1S/C16H19NO3/c1-17(11-12-5-3-2-4-6-12)15(18)13-7-9-14(10-8-13)16(19)20/h2-3,7-10,12H,4-6,11H2,1H3,(H,19,20). The van der Waals surface area contributed by atoms with Gasteiger partial charge in [-0.1, -0.05) is 12.2 Å². The molecule has 1 amide bonds. The molecule has 0 fully saturated rings. The first-order chi connectivity index (χ1) is 9.58. The summed E-state index contributed by atoms with van der Waals surface area (Å²) in [6.07, 6.45) is 7.58. The monoisotopic (exact) mass is 273 g/mol. The molecule has 1 N–H and O–H groups in total. The Labute approximate surface area is 118 Å². The number of carboxylic acid groups (broad SMARTS) is 1. The molecule has 4 heteroatoms. The normalized spacial score (nSPS) is 17.8. The highest BCUT2D eigenvalue weighted by Crippen LogP contribution is 2.19. The van der Waals surface area contributed by atoms with Gasteiger partial charge in [-0.2, -0.15) is 0 Å². The first-order valence-electron chi connectivity index (χ1n) is 6.81. The van der Waals surface area contributed by atoms with E-state index in [1.807, 2.05) is 0 Å². The Morgan fingerprint density at radius 3 is 2.40 bits per heavy atom. The minimum absolute atomic E-state index is 0.0588. The van der Waals surface area contributed by atoms with E-state index >= 15 is 0 Å². The van der Waals surface area contributed by atoms with Crippen molar-refractivity contribution in [2.75, 3.05) is 13.6 Å². The first kappa shape index (κ1) is 14.3. The van der Waals surface area contributed by atoms with Gasteiger partial charge < -0.3 is 10.0 Å². The molecule has 1 aromatic rings. The Bertz CT molecular complexity index is 519. The Kier molecular flexibility index (Phi) is 4.56. The van der Waals surface area contributed by atoms with Crippen LogP contribution in [0.2, 0.25) is 0 Å². The summed E-state index contributed by atoms with van der Waals surface area (Å²) in [5.74, 6) is -0.518. The summed E-state index contributed by atoms with van der Waals surface area (Å²) in [5.41, 5.74) is 0.727. The highest BCUT2D eigenvalue weighted by Gasteiger charge is 2.17. The molecule has 0 spiro atoms. The van der Waals surface area contributed by atoms with E-state index in [2.05, 4.69) is 12.2 Å². The van der Waals surface area contributed by atoms with Crippen molar-refractivity contribution in [1.82, 2.24) is 4.90 Å². The third kappa shape index (κ3) is 3.47. The molecule has 0 radical (unpaired) electrons. The predicted molar refractivity (Wildman–Crippen MR) is 76.8 cm³/mol. The second-order valence-electron chi connectivity index (χ2n) is 5.22. The molecule has 0 bridgehead atoms. The van der Waals surface area contributed by atoms with Crippen LogP contribution in [0.5, 0.6) is 0 Å². The minimum Gasteiger partial charge on any atom is -0.478 e.